The molecule has 1 rings (SSSR count). The van der Waals surface area contributed by atoms with Crippen molar-refractivity contribution in [3.05, 3.63) is 28.5 Å². The van der Waals surface area contributed by atoms with Crippen LogP contribution in [0.15, 0.2) is 22.9 Å². The minimum Gasteiger partial charge on any atom is -0.249 e. The van der Waals surface area contributed by atoms with Crippen LogP contribution in [-0.4, -0.2) is 4.98 Å². The molecule has 0 aliphatic rings. The third-order valence-electron chi connectivity index (χ3n) is 1.34. The van der Waals surface area contributed by atoms with Crippen molar-refractivity contribution in [1.82, 2.24) is 4.98 Å². The van der Waals surface area contributed by atoms with Crippen LogP contribution in [0.3, 0.4) is 0 Å². The lowest BCUT2D eigenvalue weighted by Crippen LogP contribution is -1.92. The zero-order valence-electron chi connectivity index (χ0n) is 6.03. The maximum atomic E-state index is 8.54. The van der Waals surface area contributed by atoms with Gasteiger partial charge < -0.3 is 0 Å². The number of hydrogen-bond donors (Lipinski definition) is 0. The minimum atomic E-state index is -0.717. The molecule has 0 unspecified atom stereocenters. The molecule has 0 atom stereocenters. The molecule has 58 valence electrons. The van der Waals surface area contributed by atoms with Crippen molar-refractivity contribution >= 4 is 15.9 Å². The van der Waals surface area contributed by atoms with Crippen LogP contribution in [0.5, 0.6) is 0 Å². The minimum absolute atomic E-state index is 0.628. The highest BCUT2D eigenvalue weighted by Gasteiger charge is 2.07. The van der Waals surface area contributed by atoms with Crippen molar-refractivity contribution in [1.29, 1.82) is 10.5 Å². The van der Waals surface area contributed by atoms with Crippen LogP contribution >= 0.6 is 15.9 Å². The Morgan fingerprint density at radius 2 is 2.00 bits per heavy atom. The van der Waals surface area contributed by atoms with E-state index in [9.17, 15) is 0 Å². The molecule has 0 radical (unpaired) electrons. The molecule has 0 aliphatic heterocycles. The third-order valence-corrected chi connectivity index (χ3v) is 1.81. The first-order valence-electron chi connectivity index (χ1n) is 3.18. The average molecular weight is 222 g/mol. The Hall–Kier alpha value is -1.39. The van der Waals surface area contributed by atoms with Gasteiger partial charge in [0.15, 0.2) is 5.92 Å². The van der Waals surface area contributed by atoms with E-state index in [1.165, 1.54) is 6.20 Å². The fraction of sp³-hybridized carbons (Fsp3) is 0.125. The van der Waals surface area contributed by atoms with E-state index in [1.807, 2.05) is 12.1 Å². The zero-order valence-corrected chi connectivity index (χ0v) is 7.62. The lowest BCUT2D eigenvalue weighted by Gasteiger charge is -1.97. The number of aromatic nitrogens is 1. The van der Waals surface area contributed by atoms with Gasteiger partial charge >= 0.3 is 0 Å². The average Bonchev–Trinajstić information content (AvgIpc) is 2.10. The predicted octanol–water partition coefficient (Wildman–Crippen LogP) is 1.97. The highest BCUT2D eigenvalue weighted by atomic mass is 79.9. The molecule has 0 fully saturated rings. The summed E-state index contributed by atoms with van der Waals surface area (Å²) in [5.41, 5.74) is 0.628. The molecular formula is C8H4BrN3. The number of nitrogens with zero attached hydrogens (tertiary/aromatic N) is 3. The first-order valence-corrected chi connectivity index (χ1v) is 3.98. The summed E-state index contributed by atoms with van der Waals surface area (Å²) in [5, 5.41) is 17.1. The van der Waals surface area contributed by atoms with E-state index in [2.05, 4.69) is 20.9 Å². The maximum absolute atomic E-state index is 8.54. The number of hydrogen-bond acceptors (Lipinski definition) is 3. The molecule has 0 aliphatic carbocycles. The van der Waals surface area contributed by atoms with Crippen molar-refractivity contribution in [3.8, 4) is 12.1 Å². The number of nitriles is 2. The summed E-state index contributed by atoms with van der Waals surface area (Å²) in [6.07, 6.45) is 1.52. The second-order valence-electron chi connectivity index (χ2n) is 2.11. The van der Waals surface area contributed by atoms with Crippen LogP contribution in [0.1, 0.15) is 11.5 Å². The summed E-state index contributed by atoms with van der Waals surface area (Å²) in [6.45, 7) is 0. The second-order valence-corrected chi connectivity index (χ2v) is 2.92. The second kappa shape index (κ2) is 3.85. The zero-order chi connectivity index (χ0) is 8.97. The van der Waals surface area contributed by atoms with Crippen molar-refractivity contribution < 1.29 is 0 Å². The van der Waals surface area contributed by atoms with Gasteiger partial charge in [0.2, 0.25) is 0 Å². The van der Waals surface area contributed by atoms with Crippen molar-refractivity contribution in [2.24, 2.45) is 0 Å². The first-order chi connectivity index (χ1) is 5.77. The number of pyridine rings is 1. The van der Waals surface area contributed by atoms with Gasteiger partial charge in [0, 0.05) is 11.8 Å². The van der Waals surface area contributed by atoms with E-state index < -0.39 is 5.92 Å². The fourth-order valence-electron chi connectivity index (χ4n) is 0.736. The van der Waals surface area contributed by atoms with Crippen molar-refractivity contribution in [2.75, 3.05) is 0 Å². The molecule has 0 amide bonds. The summed E-state index contributed by atoms with van der Waals surface area (Å²) in [5.74, 6) is -0.717. The summed E-state index contributed by atoms with van der Waals surface area (Å²) in [4.78, 5) is 3.91. The summed E-state index contributed by atoms with van der Waals surface area (Å²) in [7, 11) is 0. The van der Waals surface area contributed by atoms with Gasteiger partial charge in [-0.15, -0.1) is 0 Å². The van der Waals surface area contributed by atoms with E-state index >= 15 is 0 Å². The Bertz CT molecular complexity index is 330. The van der Waals surface area contributed by atoms with Crippen LogP contribution < -0.4 is 0 Å². The quantitative estimate of drug-likeness (QED) is 0.682. The van der Waals surface area contributed by atoms with Crippen LogP contribution in [-0.2, 0) is 0 Å². The van der Waals surface area contributed by atoms with E-state index in [0.717, 1.165) is 0 Å². The standard InChI is InChI=1S/C8H4BrN3/c9-8-2-1-6(5-12-8)7(3-10)4-11/h1-2,5,7H. The van der Waals surface area contributed by atoms with E-state index in [0.29, 0.717) is 10.2 Å². The summed E-state index contributed by atoms with van der Waals surface area (Å²) < 4.78 is 0.695. The number of halogens is 1. The first kappa shape index (κ1) is 8.70. The lowest BCUT2D eigenvalue weighted by atomic mass is 10.1. The molecule has 0 saturated carbocycles. The SMILES string of the molecule is N#CC(C#N)c1ccc(Br)nc1. The van der Waals surface area contributed by atoms with E-state index in [-0.39, 0.29) is 0 Å². The fourth-order valence-corrected chi connectivity index (χ4v) is 0.970. The molecule has 0 spiro atoms. The van der Waals surface area contributed by atoms with Gasteiger partial charge in [-0.3, -0.25) is 0 Å². The molecule has 0 bridgehead atoms. The van der Waals surface area contributed by atoms with E-state index in [1.54, 1.807) is 12.1 Å². The van der Waals surface area contributed by atoms with Gasteiger partial charge in [0.1, 0.15) is 4.60 Å². The molecular weight excluding hydrogens is 218 g/mol. The van der Waals surface area contributed by atoms with Crippen LogP contribution in [0.4, 0.5) is 0 Å². The molecule has 4 heteroatoms. The van der Waals surface area contributed by atoms with Crippen LogP contribution in [0.25, 0.3) is 0 Å². The smallest absolute Gasteiger partial charge is 0.159 e. The maximum Gasteiger partial charge on any atom is 0.159 e. The molecule has 1 aromatic rings. The topological polar surface area (TPSA) is 60.5 Å². The van der Waals surface area contributed by atoms with Gasteiger partial charge in [0.05, 0.1) is 12.1 Å². The highest BCUT2D eigenvalue weighted by molar-refractivity contribution is 9.10. The predicted molar refractivity (Wildman–Crippen MR) is 45.9 cm³/mol. The Kier molecular flexibility index (Phi) is 2.79. The molecule has 12 heavy (non-hydrogen) atoms. The Labute approximate surface area is 78.4 Å². The molecule has 1 heterocycles. The molecule has 1 aromatic heterocycles. The van der Waals surface area contributed by atoms with Crippen LogP contribution in [0, 0.1) is 22.7 Å². The van der Waals surface area contributed by atoms with Gasteiger partial charge in [-0.2, -0.15) is 10.5 Å². The molecule has 3 nitrogen and oxygen atoms in total. The van der Waals surface area contributed by atoms with Crippen molar-refractivity contribution in [2.45, 2.75) is 5.92 Å². The Morgan fingerprint density at radius 3 is 2.42 bits per heavy atom. The van der Waals surface area contributed by atoms with Crippen LogP contribution in [0.2, 0.25) is 0 Å². The third kappa shape index (κ3) is 1.81. The number of rotatable bonds is 1. The largest absolute Gasteiger partial charge is 0.249 e. The molecule has 0 N–H and O–H groups in total. The van der Waals surface area contributed by atoms with Crippen molar-refractivity contribution in [3.63, 3.8) is 0 Å². The Morgan fingerprint density at radius 1 is 1.33 bits per heavy atom. The highest BCUT2D eigenvalue weighted by Crippen LogP contribution is 2.14. The summed E-state index contributed by atoms with van der Waals surface area (Å²) >= 11 is 3.16. The molecule has 0 saturated heterocycles. The van der Waals surface area contributed by atoms with Gasteiger partial charge in [0.25, 0.3) is 0 Å². The monoisotopic (exact) mass is 221 g/mol. The van der Waals surface area contributed by atoms with Gasteiger partial charge in [-0.25, -0.2) is 4.98 Å². The van der Waals surface area contributed by atoms with E-state index in [4.69, 9.17) is 10.5 Å². The van der Waals surface area contributed by atoms with Gasteiger partial charge in [-0.05, 0) is 22.0 Å². The van der Waals surface area contributed by atoms with Gasteiger partial charge in [-0.1, -0.05) is 6.07 Å². The summed E-state index contributed by atoms with van der Waals surface area (Å²) in [6, 6.07) is 7.15. The Balaban J connectivity index is 2.99. The lowest BCUT2D eigenvalue weighted by molar-refractivity contribution is 1.07. The normalized spacial score (nSPS) is 9.00. The molecule has 0 aromatic carbocycles.